The number of benzene rings is 2. The van der Waals surface area contributed by atoms with Gasteiger partial charge in [0.05, 0.1) is 0 Å². The molecular weight excluding hydrogens is 412 g/mol. The summed E-state index contributed by atoms with van der Waals surface area (Å²) >= 11 is 2.78. The van der Waals surface area contributed by atoms with E-state index in [1.165, 1.54) is 23.5 Å². The lowest BCUT2D eigenvalue weighted by atomic mass is 9.84. The number of fused-ring (bicyclic) bond motifs is 2. The van der Waals surface area contributed by atoms with Crippen molar-refractivity contribution in [3.05, 3.63) is 107 Å². The second-order valence-corrected chi connectivity index (χ2v) is 8.68. The molecule has 0 bridgehead atoms. The normalized spacial score (nSPS) is 12.4. The van der Waals surface area contributed by atoms with Crippen LogP contribution in [0.4, 0.5) is 0 Å². The van der Waals surface area contributed by atoms with Gasteiger partial charge in [-0.2, -0.15) is 0 Å². The fraction of sp³-hybridized carbons (Fsp3) is 0. The van der Waals surface area contributed by atoms with Crippen molar-refractivity contribution in [1.82, 2.24) is 9.97 Å². The van der Waals surface area contributed by atoms with Crippen LogP contribution in [0.15, 0.2) is 105 Å². The van der Waals surface area contributed by atoms with E-state index >= 15 is 0 Å². The van der Waals surface area contributed by atoms with Gasteiger partial charge < -0.3 is 0 Å². The average Bonchev–Trinajstić information content (AvgIpc) is 2.79. The molecule has 0 fully saturated rings. The molecule has 1 aliphatic carbocycles. The summed E-state index contributed by atoms with van der Waals surface area (Å²) in [6.07, 6.45) is 3.42. The molecule has 0 radical (unpaired) electrons. The Balaban J connectivity index is 1.60. The topological polar surface area (TPSA) is 59.9 Å². The van der Waals surface area contributed by atoms with E-state index in [9.17, 15) is 9.59 Å². The number of carbonyl (C=O) groups excluding carboxylic acids is 2. The molecule has 6 heteroatoms. The van der Waals surface area contributed by atoms with Crippen molar-refractivity contribution in [3.63, 3.8) is 0 Å². The molecule has 0 saturated heterocycles. The van der Waals surface area contributed by atoms with Crippen molar-refractivity contribution in [3.8, 4) is 0 Å². The molecule has 5 rings (SSSR count). The third kappa shape index (κ3) is 3.34. The fourth-order valence-corrected chi connectivity index (χ4v) is 5.26. The van der Waals surface area contributed by atoms with Crippen LogP contribution in [0.1, 0.15) is 31.8 Å². The van der Waals surface area contributed by atoms with Crippen LogP contribution < -0.4 is 0 Å². The predicted octanol–water partition coefficient (Wildman–Crippen LogP) is 5.55. The van der Waals surface area contributed by atoms with Crippen LogP contribution in [-0.2, 0) is 0 Å². The van der Waals surface area contributed by atoms with Gasteiger partial charge in [-0.05, 0) is 36.4 Å². The van der Waals surface area contributed by atoms with Gasteiger partial charge in [0.2, 0.25) is 0 Å². The van der Waals surface area contributed by atoms with Crippen molar-refractivity contribution in [2.75, 3.05) is 0 Å². The highest BCUT2D eigenvalue weighted by molar-refractivity contribution is 7.99. The Hall–Kier alpha value is -3.22. The van der Waals surface area contributed by atoms with Crippen molar-refractivity contribution < 1.29 is 9.59 Å². The SMILES string of the molecule is O=C1c2cccc(Sc3ccccn3)c2C(=O)c2cccc(Sc3ccccn3)c21. The summed E-state index contributed by atoms with van der Waals surface area (Å²) < 4.78 is 0. The summed E-state index contributed by atoms with van der Waals surface area (Å²) in [6.45, 7) is 0. The summed E-state index contributed by atoms with van der Waals surface area (Å²) in [6, 6.07) is 22.1. The van der Waals surface area contributed by atoms with Gasteiger partial charge in [0.25, 0.3) is 0 Å². The molecule has 2 heterocycles. The van der Waals surface area contributed by atoms with Crippen LogP contribution in [0, 0.1) is 0 Å². The van der Waals surface area contributed by atoms with E-state index in [0.717, 1.165) is 19.8 Å². The molecule has 4 nitrogen and oxygen atoms in total. The quantitative estimate of drug-likeness (QED) is 0.375. The summed E-state index contributed by atoms with van der Waals surface area (Å²) in [5.74, 6) is -0.274. The van der Waals surface area contributed by atoms with Gasteiger partial charge in [-0.15, -0.1) is 0 Å². The Labute approximate surface area is 181 Å². The fourth-order valence-electron chi connectivity index (χ4n) is 3.39. The maximum absolute atomic E-state index is 13.5. The largest absolute Gasteiger partial charge is 0.289 e. The van der Waals surface area contributed by atoms with Crippen LogP contribution in [-0.4, -0.2) is 21.5 Å². The van der Waals surface area contributed by atoms with Gasteiger partial charge >= 0.3 is 0 Å². The third-order valence-corrected chi connectivity index (χ3v) is 6.72. The van der Waals surface area contributed by atoms with Gasteiger partial charge in [-0.1, -0.05) is 59.9 Å². The molecule has 4 aromatic rings. The van der Waals surface area contributed by atoms with E-state index in [1.54, 1.807) is 24.5 Å². The van der Waals surface area contributed by atoms with Gasteiger partial charge in [0.15, 0.2) is 11.6 Å². The first-order chi connectivity index (χ1) is 14.7. The molecule has 144 valence electrons. The minimum atomic E-state index is -0.137. The minimum absolute atomic E-state index is 0.137. The third-order valence-electron chi connectivity index (χ3n) is 4.70. The van der Waals surface area contributed by atoms with E-state index < -0.39 is 0 Å². The molecule has 0 unspecified atom stereocenters. The Morgan fingerprint density at radius 3 is 1.40 bits per heavy atom. The molecule has 30 heavy (non-hydrogen) atoms. The Morgan fingerprint density at radius 1 is 0.533 bits per heavy atom. The number of hydrogen-bond donors (Lipinski definition) is 0. The Morgan fingerprint density at radius 2 is 1.00 bits per heavy atom. The number of hydrogen-bond acceptors (Lipinski definition) is 6. The lowest BCUT2D eigenvalue weighted by molar-refractivity contribution is 0.0974. The predicted molar refractivity (Wildman–Crippen MR) is 116 cm³/mol. The molecule has 0 amide bonds. The monoisotopic (exact) mass is 426 g/mol. The molecule has 0 atom stereocenters. The maximum Gasteiger partial charge on any atom is 0.195 e. The molecule has 0 spiro atoms. The summed E-state index contributed by atoms with van der Waals surface area (Å²) in [7, 11) is 0. The van der Waals surface area contributed by atoms with Crippen LogP contribution in [0.2, 0.25) is 0 Å². The van der Waals surface area contributed by atoms with Gasteiger partial charge in [-0.3, -0.25) is 9.59 Å². The molecule has 2 aromatic carbocycles. The Bertz CT molecular complexity index is 1170. The van der Waals surface area contributed by atoms with Gasteiger partial charge in [0.1, 0.15) is 10.1 Å². The van der Waals surface area contributed by atoms with E-state index in [4.69, 9.17) is 0 Å². The lowest BCUT2D eigenvalue weighted by Gasteiger charge is -2.21. The smallest absolute Gasteiger partial charge is 0.195 e. The highest BCUT2D eigenvalue weighted by Gasteiger charge is 2.33. The van der Waals surface area contributed by atoms with Crippen LogP contribution >= 0.6 is 23.5 Å². The summed E-state index contributed by atoms with van der Waals surface area (Å²) in [5.41, 5.74) is 1.77. The number of ketones is 2. The van der Waals surface area contributed by atoms with E-state index in [0.29, 0.717) is 22.3 Å². The summed E-state index contributed by atoms with van der Waals surface area (Å²) in [4.78, 5) is 37.0. The highest BCUT2D eigenvalue weighted by Crippen LogP contribution is 2.40. The number of rotatable bonds is 4. The van der Waals surface area contributed by atoms with Crippen molar-refractivity contribution in [2.45, 2.75) is 19.8 Å². The standard InChI is InChI=1S/C24H14N2O2S2/c27-23-16-8-6-10-18(30-20-12-2-4-14-26-20)22(16)24(28)15-7-5-9-17(21(15)23)29-19-11-1-3-13-25-19/h1-14H. The van der Waals surface area contributed by atoms with E-state index in [1.807, 2.05) is 60.7 Å². The zero-order valence-corrected chi connectivity index (χ0v) is 17.2. The minimum Gasteiger partial charge on any atom is -0.289 e. The second-order valence-electron chi connectivity index (χ2n) is 6.56. The zero-order chi connectivity index (χ0) is 20.5. The number of aromatic nitrogens is 2. The van der Waals surface area contributed by atoms with Crippen molar-refractivity contribution >= 4 is 35.1 Å². The first-order valence-corrected chi connectivity index (χ1v) is 10.9. The summed E-state index contributed by atoms with van der Waals surface area (Å²) in [5, 5.41) is 1.55. The number of pyridine rings is 2. The van der Waals surface area contributed by atoms with Crippen LogP contribution in [0.3, 0.4) is 0 Å². The molecule has 0 N–H and O–H groups in total. The van der Waals surface area contributed by atoms with Crippen molar-refractivity contribution in [1.29, 1.82) is 0 Å². The first kappa shape index (κ1) is 18.8. The second kappa shape index (κ2) is 7.89. The van der Waals surface area contributed by atoms with E-state index in [2.05, 4.69) is 9.97 Å². The van der Waals surface area contributed by atoms with E-state index in [-0.39, 0.29) is 11.6 Å². The maximum atomic E-state index is 13.5. The average molecular weight is 427 g/mol. The van der Waals surface area contributed by atoms with Gasteiger partial charge in [-0.25, -0.2) is 9.97 Å². The number of nitrogens with zero attached hydrogens (tertiary/aromatic N) is 2. The van der Waals surface area contributed by atoms with Crippen LogP contribution in [0.25, 0.3) is 0 Å². The van der Waals surface area contributed by atoms with Crippen LogP contribution in [0.5, 0.6) is 0 Å². The van der Waals surface area contributed by atoms with Crippen molar-refractivity contribution in [2.24, 2.45) is 0 Å². The highest BCUT2D eigenvalue weighted by atomic mass is 32.2. The molecule has 2 aromatic heterocycles. The molecule has 0 aliphatic heterocycles. The zero-order valence-electron chi connectivity index (χ0n) is 15.6. The Kier molecular flexibility index (Phi) is 4.94. The lowest BCUT2D eigenvalue weighted by Crippen LogP contribution is -2.22. The molecule has 0 saturated carbocycles. The number of carbonyl (C=O) groups is 2. The molecular formula is C24H14N2O2S2. The molecule has 1 aliphatic rings. The first-order valence-electron chi connectivity index (χ1n) is 9.25. The van der Waals surface area contributed by atoms with Gasteiger partial charge in [0, 0.05) is 44.4 Å².